The average molecular weight is 377 g/mol. The van der Waals surface area contributed by atoms with Gasteiger partial charge in [0.1, 0.15) is 10.6 Å². The number of carbonyl (C=O) groups excluding carboxylic acids is 1. The van der Waals surface area contributed by atoms with Gasteiger partial charge in [-0.25, -0.2) is 13.1 Å². The summed E-state index contributed by atoms with van der Waals surface area (Å²) in [6, 6.07) is 4.69. The van der Waals surface area contributed by atoms with Gasteiger partial charge in [0.25, 0.3) is 0 Å². The Bertz CT molecular complexity index is 627. The van der Waals surface area contributed by atoms with Gasteiger partial charge in [0.2, 0.25) is 15.9 Å². The highest BCUT2D eigenvalue weighted by Crippen LogP contribution is 2.27. The molecule has 1 aliphatic heterocycles. The van der Waals surface area contributed by atoms with Gasteiger partial charge >= 0.3 is 0 Å². The number of carbonyl (C=O) groups is 1. The van der Waals surface area contributed by atoms with Crippen molar-refractivity contribution in [3.63, 3.8) is 0 Å². The maximum absolute atomic E-state index is 12.3. The molecule has 1 aliphatic rings. The van der Waals surface area contributed by atoms with Crippen molar-refractivity contribution in [2.75, 3.05) is 26.7 Å². The predicted octanol–water partition coefficient (Wildman–Crippen LogP) is 1.36. The first-order valence-electron chi connectivity index (χ1n) is 6.55. The third kappa shape index (κ3) is 3.96. The maximum Gasteiger partial charge on any atom is 0.244 e. The number of benzene rings is 1. The van der Waals surface area contributed by atoms with Gasteiger partial charge in [0.15, 0.2) is 0 Å². The molecule has 0 radical (unpaired) electrons. The summed E-state index contributed by atoms with van der Waals surface area (Å²) < 4.78 is 32.6. The fourth-order valence-electron chi connectivity index (χ4n) is 2.17. The first kappa shape index (κ1) is 16.3. The summed E-state index contributed by atoms with van der Waals surface area (Å²) in [5.74, 6) is 0.0318. The van der Waals surface area contributed by atoms with E-state index in [1.807, 2.05) is 0 Å². The minimum atomic E-state index is -3.80. The van der Waals surface area contributed by atoms with Crippen molar-refractivity contribution in [2.24, 2.45) is 0 Å². The molecule has 0 bridgehead atoms. The lowest BCUT2D eigenvalue weighted by molar-refractivity contribution is -0.128. The average Bonchev–Trinajstić information content (AvgIpc) is 2.99. The number of likely N-dealkylation sites (tertiary alicyclic amines) is 1. The number of methoxy groups -OCH3 is 1. The maximum atomic E-state index is 12.3. The zero-order chi connectivity index (χ0) is 15.5. The van der Waals surface area contributed by atoms with Crippen LogP contribution >= 0.6 is 15.9 Å². The standard InChI is InChI=1S/C13H17BrN2O4S/c1-20-11-5-4-10(14)8-12(11)21(18,19)15-9-13(17)16-6-2-3-7-16/h4-5,8,15H,2-3,6-7,9H2,1H3. The van der Waals surface area contributed by atoms with Crippen LogP contribution in [0.1, 0.15) is 12.8 Å². The van der Waals surface area contributed by atoms with E-state index in [-0.39, 0.29) is 23.1 Å². The van der Waals surface area contributed by atoms with Crippen molar-refractivity contribution in [1.82, 2.24) is 9.62 Å². The van der Waals surface area contributed by atoms with E-state index in [1.54, 1.807) is 17.0 Å². The van der Waals surface area contributed by atoms with Crippen molar-refractivity contribution < 1.29 is 17.9 Å². The van der Waals surface area contributed by atoms with Crippen molar-refractivity contribution in [2.45, 2.75) is 17.7 Å². The van der Waals surface area contributed by atoms with Gasteiger partial charge in [-0.3, -0.25) is 4.79 Å². The molecule has 0 aromatic heterocycles. The molecule has 1 amide bonds. The smallest absolute Gasteiger partial charge is 0.244 e. The van der Waals surface area contributed by atoms with Crippen LogP contribution in [0.3, 0.4) is 0 Å². The SMILES string of the molecule is COc1ccc(Br)cc1S(=O)(=O)NCC(=O)N1CCCC1. The van der Waals surface area contributed by atoms with Gasteiger partial charge in [0.05, 0.1) is 13.7 Å². The number of halogens is 1. The molecule has 0 spiro atoms. The second-order valence-corrected chi connectivity index (χ2v) is 7.36. The van der Waals surface area contributed by atoms with E-state index in [4.69, 9.17) is 4.74 Å². The lowest BCUT2D eigenvalue weighted by atomic mass is 10.3. The number of hydrogen-bond acceptors (Lipinski definition) is 4. The van der Waals surface area contributed by atoms with Crippen LogP contribution in [-0.2, 0) is 14.8 Å². The Kier molecular flexibility index (Phi) is 5.23. The Morgan fingerprint density at radius 2 is 2.05 bits per heavy atom. The van der Waals surface area contributed by atoms with E-state index >= 15 is 0 Å². The second-order valence-electron chi connectivity index (χ2n) is 4.71. The topological polar surface area (TPSA) is 75.7 Å². The quantitative estimate of drug-likeness (QED) is 0.841. The van der Waals surface area contributed by atoms with Crippen molar-refractivity contribution >= 4 is 31.9 Å². The summed E-state index contributed by atoms with van der Waals surface area (Å²) in [6.45, 7) is 1.15. The molecule has 0 saturated carbocycles. The van der Waals surface area contributed by atoms with Crippen LogP contribution in [-0.4, -0.2) is 46.0 Å². The molecule has 1 fully saturated rings. The molecule has 0 aliphatic carbocycles. The molecule has 1 N–H and O–H groups in total. The molecular weight excluding hydrogens is 360 g/mol. The summed E-state index contributed by atoms with van der Waals surface area (Å²) in [4.78, 5) is 13.6. The Morgan fingerprint density at radius 3 is 2.67 bits per heavy atom. The monoisotopic (exact) mass is 376 g/mol. The molecule has 0 unspecified atom stereocenters. The van der Waals surface area contributed by atoms with E-state index in [1.165, 1.54) is 13.2 Å². The molecule has 6 nitrogen and oxygen atoms in total. The summed E-state index contributed by atoms with van der Waals surface area (Å²) in [6.07, 6.45) is 1.94. The van der Waals surface area contributed by atoms with Gasteiger partial charge in [-0.2, -0.15) is 0 Å². The molecule has 21 heavy (non-hydrogen) atoms. The van der Waals surface area contributed by atoms with Gasteiger partial charge in [-0.15, -0.1) is 0 Å². The summed E-state index contributed by atoms with van der Waals surface area (Å²) in [5.41, 5.74) is 0. The van der Waals surface area contributed by atoms with E-state index in [2.05, 4.69) is 20.7 Å². The molecule has 8 heteroatoms. The second kappa shape index (κ2) is 6.76. The van der Waals surface area contributed by atoms with Crippen molar-refractivity contribution in [1.29, 1.82) is 0 Å². The largest absolute Gasteiger partial charge is 0.495 e. The van der Waals surface area contributed by atoms with Crippen molar-refractivity contribution in [3.05, 3.63) is 22.7 Å². The minimum Gasteiger partial charge on any atom is -0.495 e. The van der Waals surface area contributed by atoms with Gasteiger partial charge < -0.3 is 9.64 Å². The van der Waals surface area contributed by atoms with E-state index < -0.39 is 10.0 Å². The highest BCUT2D eigenvalue weighted by Gasteiger charge is 2.23. The number of rotatable bonds is 5. The van der Waals surface area contributed by atoms with Crippen LogP contribution in [0.2, 0.25) is 0 Å². The summed E-state index contributed by atoms with van der Waals surface area (Å²) in [5, 5.41) is 0. The Labute approximate surface area is 132 Å². The third-order valence-electron chi connectivity index (χ3n) is 3.29. The van der Waals surface area contributed by atoms with Crippen LogP contribution in [0, 0.1) is 0 Å². The van der Waals surface area contributed by atoms with Crippen molar-refractivity contribution in [3.8, 4) is 5.75 Å². The van der Waals surface area contributed by atoms with E-state index in [0.717, 1.165) is 12.8 Å². The number of sulfonamides is 1. The normalized spacial score (nSPS) is 15.2. The van der Waals surface area contributed by atoms with E-state index in [9.17, 15) is 13.2 Å². The summed E-state index contributed by atoms with van der Waals surface area (Å²) >= 11 is 3.23. The number of nitrogens with one attached hydrogen (secondary N) is 1. The lowest BCUT2D eigenvalue weighted by Crippen LogP contribution is -2.38. The first-order valence-corrected chi connectivity index (χ1v) is 8.82. The van der Waals surface area contributed by atoms with Gasteiger partial charge in [-0.1, -0.05) is 15.9 Å². The molecule has 116 valence electrons. The lowest BCUT2D eigenvalue weighted by Gasteiger charge is -2.16. The zero-order valence-corrected chi connectivity index (χ0v) is 14.0. The Balaban J connectivity index is 2.11. The highest BCUT2D eigenvalue weighted by atomic mass is 79.9. The molecular formula is C13H17BrN2O4S. The zero-order valence-electron chi connectivity index (χ0n) is 11.6. The van der Waals surface area contributed by atoms with Gasteiger partial charge in [0, 0.05) is 17.6 Å². The molecule has 1 saturated heterocycles. The van der Waals surface area contributed by atoms with Crippen LogP contribution in [0.15, 0.2) is 27.6 Å². The fourth-order valence-corrected chi connectivity index (χ4v) is 3.85. The van der Waals surface area contributed by atoms with Crippen LogP contribution in [0.4, 0.5) is 0 Å². The fraction of sp³-hybridized carbons (Fsp3) is 0.462. The first-order chi connectivity index (χ1) is 9.94. The molecule has 2 rings (SSSR count). The number of amides is 1. The molecule has 1 aromatic rings. The number of ether oxygens (including phenoxy) is 1. The third-order valence-corrected chi connectivity index (χ3v) is 5.20. The molecule has 1 aromatic carbocycles. The van der Waals surface area contributed by atoms with Crippen LogP contribution in [0.5, 0.6) is 5.75 Å². The highest BCUT2D eigenvalue weighted by molar-refractivity contribution is 9.10. The van der Waals surface area contributed by atoms with Gasteiger partial charge in [-0.05, 0) is 31.0 Å². The number of hydrogen-bond donors (Lipinski definition) is 1. The minimum absolute atomic E-state index is 0.00796. The van der Waals surface area contributed by atoms with Crippen LogP contribution < -0.4 is 9.46 Å². The van der Waals surface area contributed by atoms with Crippen LogP contribution in [0.25, 0.3) is 0 Å². The molecule has 0 atom stereocenters. The number of nitrogens with zero attached hydrogens (tertiary/aromatic N) is 1. The Hall–Kier alpha value is -1.12. The molecule has 1 heterocycles. The summed E-state index contributed by atoms with van der Waals surface area (Å²) in [7, 11) is -2.40. The van der Waals surface area contributed by atoms with E-state index in [0.29, 0.717) is 17.6 Å². The predicted molar refractivity (Wildman–Crippen MR) is 81.7 cm³/mol. The Morgan fingerprint density at radius 1 is 1.38 bits per heavy atom.